The molecule has 2 aliphatic rings. The second-order valence-electron chi connectivity index (χ2n) is 8.47. The molecule has 0 bridgehead atoms. The van der Waals surface area contributed by atoms with Gasteiger partial charge in [0.05, 0.1) is 0 Å². The van der Waals surface area contributed by atoms with Gasteiger partial charge in [-0.1, -0.05) is 60.7 Å². The molecule has 0 fully saturated rings. The Morgan fingerprint density at radius 1 is 0.781 bits per heavy atom. The third-order valence-electron chi connectivity index (χ3n) is 5.91. The Labute approximate surface area is 206 Å². The van der Waals surface area contributed by atoms with Crippen molar-refractivity contribution >= 4 is 14.0 Å². The number of hydrogen-bond acceptors (Lipinski definition) is 0. The van der Waals surface area contributed by atoms with Crippen LogP contribution in [0.3, 0.4) is 0 Å². The molecule has 2 aliphatic carbocycles. The minimum Gasteiger partial charge on any atom is -0.0622 e. The number of benzene rings is 3. The van der Waals surface area contributed by atoms with E-state index >= 15 is 0 Å². The summed E-state index contributed by atoms with van der Waals surface area (Å²) in [7, 11) is 0.0485. The van der Waals surface area contributed by atoms with E-state index in [4.69, 9.17) is 0 Å². The standard InChI is InChI=1S/C14H14.C11H12P.C5H5.Zr/c1-3-7-13(8-4-1)11-12-14-9-5-2-6-10-14;1-12(2)11-7-9-5-3-4-6-10(9)8-11;1-2-4-5-3-1;/h1-10H,11-12H2;3-8H,1-2H3;1-3H,4H2;. The zero-order valence-corrected chi connectivity index (χ0v) is 22.4. The van der Waals surface area contributed by atoms with Crippen molar-refractivity contribution in [2.45, 2.75) is 22.9 Å². The van der Waals surface area contributed by atoms with Gasteiger partial charge in [0.25, 0.3) is 0 Å². The van der Waals surface area contributed by atoms with Gasteiger partial charge in [-0.15, -0.1) is 0 Å². The van der Waals surface area contributed by atoms with Crippen LogP contribution in [-0.4, -0.2) is 13.3 Å². The number of hydrogen-bond donors (Lipinski definition) is 0. The van der Waals surface area contributed by atoms with Crippen LogP contribution in [0.1, 0.15) is 32.3 Å². The van der Waals surface area contributed by atoms with Crippen molar-refractivity contribution in [2.75, 3.05) is 13.3 Å². The molecule has 0 saturated carbocycles. The largest absolute Gasteiger partial charge is 0.0622 e. The fraction of sp³-hybridized carbons (Fsp3) is 0.200. The predicted octanol–water partition coefficient (Wildman–Crippen LogP) is 8.22. The van der Waals surface area contributed by atoms with E-state index in [-0.39, 0.29) is 7.92 Å². The molecular formula is C30H31PZr. The Bertz CT molecular complexity index is 1050. The molecule has 0 spiro atoms. The van der Waals surface area contributed by atoms with Gasteiger partial charge in [-0.25, -0.2) is 0 Å². The first-order chi connectivity index (χ1) is 15.7. The van der Waals surface area contributed by atoms with E-state index in [1.807, 2.05) is 0 Å². The molecule has 0 aromatic heterocycles. The van der Waals surface area contributed by atoms with Crippen LogP contribution in [0.25, 0.3) is 6.08 Å². The molecule has 0 radical (unpaired) electrons. The first-order valence-corrected chi connectivity index (χ1v) is 16.3. The van der Waals surface area contributed by atoms with Crippen LogP contribution in [0.5, 0.6) is 0 Å². The van der Waals surface area contributed by atoms with Gasteiger partial charge < -0.3 is 0 Å². The molecule has 0 heterocycles. The van der Waals surface area contributed by atoms with Crippen molar-refractivity contribution in [3.8, 4) is 0 Å². The molecule has 5 rings (SSSR count). The maximum Gasteiger partial charge on any atom is -0.0238 e. The number of aryl methyl sites for hydroxylation is 2. The third-order valence-corrected chi connectivity index (χ3v) is 12.0. The van der Waals surface area contributed by atoms with Gasteiger partial charge in [0.1, 0.15) is 0 Å². The topological polar surface area (TPSA) is 0 Å². The number of fused-ring (bicyclic) bond motifs is 1. The minimum absolute atomic E-state index is 0.0485. The quantitative estimate of drug-likeness (QED) is 0.291. The molecule has 160 valence electrons. The Hall–Kier alpha value is -1.81. The third kappa shape index (κ3) is 6.37. The van der Waals surface area contributed by atoms with Crippen molar-refractivity contribution in [3.05, 3.63) is 134 Å². The monoisotopic (exact) mass is 512 g/mol. The van der Waals surface area contributed by atoms with Gasteiger partial charge in [0.15, 0.2) is 0 Å². The van der Waals surface area contributed by atoms with Crippen LogP contribution in [0.15, 0.2) is 112 Å². The zero-order valence-electron chi connectivity index (χ0n) is 19.0. The Morgan fingerprint density at radius 2 is 1.38 bits per heavy atom. The average Bonchev–Trinajstić information content (AvgIpc) is 3.48. The van der Waals surface area contributed by atoms with Crippen molar-refractivity contribution in [1.29, 1.82) is 0 Å². The van der Waals surface area contributed by atoms with Gasteiger partial charge in [-0.05, 0) is 24.0 Å². The van der Waals surface area contributed by atoms with E-state index in [9.17, 15) is 0 Å². The van der Waals surface area contributed by atoms with E-state index in [1.165, 1.54) is 23.1 Å². The average molecular weight is 514 g/mol. The molecule has 1 unspecified atom stereocenters. The molecule has 2 heteroatoms. The van der Waals surface area contributed by atoms with Crippen LogP contribution >= 0.6 is 7.92 Å². The molecule has 0 nitrogen and oxygen atoms in total. The van der Waals surface area contributed by atoms with E-state index in [0.717, 1.165) is 16.5 Å². The normalized spacial score (nSPS) is 16.2. The Balaban J connectivity index is 0.000000158. The number of allylic oxidation sites excluding steroid dienone is 5. The molecule has 0 N–H and O–H groups in total. The van der Waals surface area contributed by atoms with E-state index < -0.39 is 23.2 Å². The van der Waals surface area contributed by atoms with Crippen molar-refractivity contribution in [3.63, 3.8) is 0 Å². The van der Waals surface area contributed by atoms with E-state index in [1.54, 1.807) is 14.2 Å². The second-order valence-corrected chi connectivity index (χ2v) is 14.5. The van der Waals surface area contributed by atoms with E-state index in [2.05, 4.69) is 123 Å². The summed E-state index contributed by atoms with van der Waals surface area (Å²) in [5, 5.41) is 1.74. The molecule has 3 aromatic carbocycles. The molecule has 3 aromatic rings. The Morgan fingerprint density at radius 3 is 1.94 bits per heavy atom. The zero-order chi connectivity index (χ0) is 22.2. The molecule has 1 atom stereocenters. The van der Waals surface area contributed by atoms with Crippen molar-refractivity contribution in [2.24, 2.45) is 0 Å². The fourth-order valence-corrected chi connectivity index (χ4v) is 11.1. The van der Waals surface area contributed by atoms with Crippen molar-refractivity contribution < 1.29 is 23.2 Å². The van der Waals surface area contributed by atoms with Crippen LogP contribution in [0, 0.1) is 0 Å². The Kier molecular flexibility index (Phi) is 8.67. The summed E-state index contributed by atoms with van der Waals surface area (Å²) in [6.45, 7) is 4.81. The fourth-order valence-electron chi connectivity index (χ4n) is 4.16. The van der Waals surface area contributed by atoms with Gasteiger partial charge in [-0.2, -0.15) is 0 Å². The maximum absolute atomic E-state index is 2.48. The van der Waals surface area contributed by atoms with Crippen LogP contribution in [-0.2, 0) is 36.1 Å². The predicted molar refractivity (Wildman–Crippen MR) is 138 cm³/mol. The summed E-state index contributed by atoms with van der Waals surface area (Å²) in [5.74, 6) is 0. The first-order valence-electron chi connectivity index (χ1n) is 11.4. The van der Waals surface area contributed by atoms with Gasteiger partial charge in [0.2, 0.25) is 0 Å². The summed E-state index contributed by atoms with van der Waals surface area (Å²) < 4.78 is 2.56. The molecule has 32 heavy (non-hydrogen) atoms. The second kappa shape index (κ2) is 11.9. The SMILES string of the molecule is CP(C)C1=Cc2ccccc2[CH]1[Zr][C]1=CC=CC1.c1ccc(CCc2ccccc2)cc1. The van der Waals surface area contributed by atoms with Crippen molar-refractivity contribution in [1.82, 2.24) is 0 Å². The summed E-state index contributed by atoms with van der Waals surface area (Å²) in [5.41, 5.74) is 5.93. The molecule has 0 amide bonds. The number of rotatable bonds is 6. The van der Waals surface area contributed by atoms with Gasteiger partial charge in [-0.3, -0.25) is 0 Å². The maximum atomic E-state index is 2.48. The summed E-state index contributed by atoms with van der Waals surface area (Å²) >= 11 is -0.500. The van der Waals surface area contributed by atoms with Crippen LogP contribution in [0.4, 0.5) is 0 Å². The molecular weight excluding hydrogens is 483 g/mol. The van der Waals surface area contributed by atoms with Crippen LogP contribution in [0.2, 0.25) is 0 Å². The van der Waals surface area contributed by atoms with Gasteiger partial charge in [0, 0.05) is 0 Å². The minimum atomic E-state index is -0.500. The smallest absolute Gasteiger partial charge is 0.0238 e. The summed E-state index contributed by atoms with van der Waals surface area (Å²) in [6.07, 6.45) is 12.9. The summed E-state index contributed by atoms with van der Waals surface area (Å²) in [4.78, 5) is 0. The summed E-state index contributed by atoms with van der Waals surface area (Å²) in [6, 6.07) is 30.3. The molecule has 0 saturated heterocycles. The first kappa shape index (κ1) is 23.4. The van der Waals surface area contributed by atoms with Gasteiger partial charge >= 0.3 is 123 Å². The molecule has 0 aliphatic heterocycles. The van der Waals surface area contributed by atoms with E-state index in [0.29, 0.717) is 0 Å². The van der Waals surface area contributed by atoms with Crippen LogP contribution < -0.4 is 0 Å².